The Morgan fingerprint density at radius 2 is 1.62 bits per heavy atom. The van der Waals surface area contributed by atoms with Gasteiger partial charge < -0.3 is 10.1 Å². The van der Waals surface area contributed by atoms with E-state index in [4.69, 9.17) is 6.42 Å². The Bertz CT molecular complexity index is 1250. The van der Waals surface area contributed by atoms with Crippen LogP contribution in [-0.4, -0.2) is 44.2 Å². The first-order valence-corrected chi connectivity index (χ1v) is 12.7. The Kier molecular flexibility index (Phi) is 8.14. The van der Waals surface area contributed by atoms with E-state index in [-0.39, 0.29) is 11.1 Å². The van der Waals surface area contributed by atoms with Gasteiger partial charge in [-0.05, 0) is 24.5 Å². The minimum absolute atomic E-state index is 0.271. The lowest BCUT2D eigenvalue weighted by molar-refractivity contribution is -0.274. The molecule has 1 fully saturated rings. The van der Waals surface area contributed by atoms with Crippen LogP contribution in [-0.2, 0) is 20.4 Å². The molecule has 2 N–H and O–H groups in total. The number of amides is 1. The fourth-order valence-corrected chi connectivity index (χ4v) is 5.16. The van der Waals surface area contributed by atoms with Crippen molar-refractivity contribution in [2.24, 2.45) is 0 Å². The molecule has 0 unspecified atom stereocenters. The zero-order valence-electron chi connectivity index (χ0n) is 19.1. The van der Waals surface area contributed by atoms with Crippen LogP contribution in [0.25, 0.3) is 0 Å². The molecule has 2 atom stereocenters. The third kappa shape index (κ3) is 8.13. The smallest absolute Gasteiger partial charge is 0.405 e. The Balaban J connectivity index is 1.90. The largest absolute Gasteiger partial charge is 0.573 e. The van der Waals surface area contributed by atoms with Gasteiger partial charge >= 0.3 is 12.5 Å². The van der Waals surface area contributed by atoms with Crippen molar-refractivity contribution in [1.82, 2.24) is 10.6 Å². The number of nitrogens with one attached hydrogen (secondary N) is 2. The minimum atomic E-state index is -5.10. The number of carbonyl (C=O) groups excluding carboxylic acids is 1. The molecule has 2 aromatic carbocycles. The van der Waals surface area contributed by atoms with E-state index in [9.17, 15) is 39.6 Å². The molecule has 3 rings (SSSR count). The molecule has 1 amide bonds. The Morgan fingerprint density at radius 3 is 2.16 bits per heavy atom. The third-order valence-electron chi connectivity index (χ3n) is 5.53. The fraction of sp³-hybridized carbons (Fsp3) is 0.375. The summed E-state index contributed by atoms with van der Waals surface area (Å²) in [5.41, 5.74) is -1.74. The van der Waals surface area contributed by atoms with Crippen molar-refractivity contribution < 1.29 is 44.3 Å². The molecule has 1 saturated carbocycles. The average molecular weight is 549 g/mol. The van der Waals surface area contributed by atoms with E-state index in [0.717, 1.165) is 24.3 Å². The number of rotatable bonds is 10. The second-order valence-corrected chi connectivity index (χ2v) is 10.6. The van der Waals surface area contributed by atoms with Gasteiger partial charge in [0.2, 0.25) is 5.91 Å². The van der Waals surface area contributed by atoms with Gasteiger partial charge in [-0.2, -0.15) is 13.2 Å². The maximum Gasteiger partial charge on any atom is 0.573 e. The van der Waals surface area contributed by atoms with E-state index >= 15 is 0 Å². The second kappa shape index (κ2) is 10.6. The molecule has 0 bridgehead atoms. The zero-order chi connectivity index (χ0) is 27.5. The summed E-state index contributed by atoms with van der Waals surface area (Å²) in [5, 5.41) is 4.49. The number of ether oxygens (including phenoxy) is 1. The van der Waals surface area contributed by atoms with Crippen molar-refractivity contribution in [1.29, 1.82) is 0 Å². The van der Waals surface area contributed by atoms with E-state index < -0.39 is 63.2 Å². The monoisotopic (exact) mass is 548 g/mol. The van der Waals surface area contributed by atoms with Crippen LogP contribution in [0.2, 0.25) is 0 Å². The van der Waals surface area contributed by atoms with E-state index in [1.54, 1.807) is 0 Å². The topological polar surface area (TPSA) is 84.5 Å². The number of alkyl halides is 6. The van der Waals surface area contributed by atoms with E-state index in [2.05, 4.69) is 21.3 Å². The summed E-state index contributed by atoms with van der Waals surface area (Å²) in [5.74, 6) is -1.71. The van der Waals surface area contributed by atoms with Gasteiger partial charge in [-0.15, -0.1) is 19.6 Å². The summed E-state index contributed by atoms with van der Waals surface area (Å²) >= 11 is 0. The molecule has 0 aliphatic heterocycles. The number of benzene rings is 2. The highest BCUT2D eigenvalue weighted by molar-refractivity contribution is 7.90. The number of carbonyl (C=O) groups is 1. The highest BCUT2D eigenvalue weighted by Gasteiger charge is 2.47. The van der Waals surface area contributed by atoms with Gasteiger partial charge in [0.15, 0.2) is 9.84 Å². The van der Waals surface area contributed by atoms with Gasteiger partial charge in [0.05, 0.1) is 11.5 Å². The normalized spacial score (nSPS) is 16.8. The van der Waals surface area contributed by atoms with E-state index in [1.807, 2.05) is 0 Å². The number of terminal acetylenes is 1. The lowest BCUT2D eigenvalue weighted by Crippen LogP contribution is -2.54. The highest BCUT2D eigenvalue weighted by Crippen LogP contribution is 2.36. The van der Waals surface area contributed by atoms with Gasteiger partial charge in [0.1, 0.15) is 23.4 Å². The van der Waals surface area contributed by atoms with Gasteiger partial charge in [-0.3, -0.25) is 10.1 Å². The van der Waals surface area contributed by atoms with Gasteiger partial charge in [-0.1, -0.05) is 54.5 Å². The van der Waals surface area contributed by atoms with Crippen molar-refractivity contribution in [3.05, 3.63) is 65.7 Å². The Morgan fingerprint density at radius 1 is 1.03 bits per heavy atom. The highest BCUT2D eigenvalue weighted by atomic mass is 32.2. The molecule has 1 aliphatic carbocycles. The molecular formula is C24H22F6N2O4S. The van der Waals surface area contributed by atoms with Crippen LogP contribution >= 0.6 is 0 Å². The zero-order valence-corrected chi connectivity index (χ0v) is 19.9. The lowest BCUT2D eigenvalue weighted by atomic mass is 10.1. The molecular weight excluding hydrogens is 526 g/mol. The van der Waals surface area contributed by atoms with Crippen LogP contribution in [0.4, 0.5) is 26.3 Å². The molecule has 0 saturated heterocycles. The summed E-state index contributed by atoms with van der Waals surface area (Å²) in [6, 6.07) is 6.57. The van der Waals surface area contributed by atoms with Crippen LogP contribution in [0, 0.1) is 12.3 Å². The van der Waals surface area contributed by atoms with Crippen molar-refractivity contribution in [3.63, 3.8) is 0 Å². The van der Waals surface area contributed by atoms with Crippen LogP contribution < -0.4 is 15.4 Å². The summed E-state index contributed by atoms with van der Waals surface area (Å²) in [6.45, 7) is 0. The number of hydrogen-bond acceptors (Lipinski definition) is 5. The second-order valence-electron chi connectivity index (χ2n) is 8.53. The quantitative estimate of drug-likeness (QED) is 0.346. The minimum Gasteiger partial charge on any atom is -0.405 e. The molecule has 6 nitrogen and oxygen atoms in total. The standard InChI is InChI=1S/C24H22F6N2O4S/c1-2-22(12-13-22)32-21(33)18(31-20(23(25,26)27)16-8-4-3-5-9-16)15-37(34,35)14-17-10-6-7-11-19(17)36-24(28,29)30/h1,3-11,18,20,31H,12-15H2,(H,32,33)/t18-,20-/m0/s1. The van der Waals surface area contributed by atoms with Crippen molar-refractivity contribution in [3.8, 4) is 18.1 Å². The van der Waals surface area contributed by atoms with Gasteiger partial charge in [0.25, 0.3) is 0 Å². The average Bonchev–Trinajstić information content (AvgIpc) is 3.56. The summed E-state index contributed by atoms with van der Waals surface area (Å²) in [4.78, 5) is 13.0. The summed E-state index contributed by atoms with van der Waals surface area (Å²) in [7, 11) is -4.46. The van der Waals surface area contributed by atoms with Crippen molar-refractivity contribution >= 4 is 15.7 Å². The molecule has 0 radical (unpaired) electrons. The van der Waals surface area contributed by atoms with Crippen LogP contribution in [0.15, 0.2) is 54.6 Å². The van der Waals surface area contributed by atoms with Crippen LogP contribution in [0.3, 0.4) is 0 Å². The summed E-state index contributed by atoms with van der Waals surface area (Å²) in [6.07, 6.45) is -3.92. The van der Waals surface area contributed by atoms with E-state index in [1.165, 1.54) is 30.3 Å². The third-order valence-corrected chi connectivity index (χ3v) is 7.12. The molecule has 1 aliphatic rings. The van der Waals surface area contributed by atoms with Crippen molar-refractivity contribution in [2.75, 3.05) is 5.75 Å². The molecule has 0 spiro atoms. The molecule has 200 valence electrons. The number of sulfone groups is 1. The maximum absolute atomic E-state index is 13.9. The first-order valence-electron chi connectivity index (χ1n) is 10.8. The number of para-hydroxylation sites is 1. The Labute approximate surface area is 209 Å². The first kappa shape index (κ1) is 28.3. The predicted octanol–water partition coefficient (Wildman–Crippen LogP) is 4.04. The SMILES string of the molecule is C#CC1(NC(=O)[C@H](CS(=O)(=O)Cc2ccccc2OC(F)(F)F)N[C@@H](c2ccccc2)C(F)(F)F)CC1. The number of hydrogen-bond donors (Lipinski definition) is 2. The van der Waals surface area contributed by atoms with E-state index in [0.29, 0.717) is 12.8 Å². The van der Waals surface area contributed by atoms with Crippen LogP contribution in [0.5, 0.6) is 5.75 Å². The molecule has 13 heteroatoms. The van der Waals surface area contributed by atoms with Crippen molar-refractivity contribution in [2.45, 2.75) is 48.8 Å². The lowest BCUT2D eigenvalue weighted by Gasteiger charge is -2.28. The maximum atomic E-state index is 13.9. The first-order chi connectivity index (χ1) is 17.1. The molecule has 0 aromatic heterocycles. The summed E-state index contributed by atoms with van der Waals surface area (Å²) < 4.78 is 110. The van der Waals surface area contributed by atoms with Gasteiger partial charge in [-0.25, -0.2) is 8.42 Å². The van der Waals surface area contributed by atoms with Crippen LogP contribution in [0.1, 0.15) is 30.0 Å². The predicted molar refractivity (Wildman–Crippen MR) is 122 cm³/mol. The number of halogens is 6. The molecule has 37 heavy (non-hydrogen) atoms. The van der Waals surface area contributed by atoms with Gasteiger partial charge in [0, 0.05) is 5.56 Å². The Hall–Kier alpha value is -3.24. The molecule has 2 aromatic rings. The molecule has 0 heterocycles. The fourth-order valence-electron chi connectivity index (χ4n) is 3.58.